The van der Waals surface area contributed by atoms with Gasteiger partial charge in [0.2, 0.25) is 11.8 Å². The van der Waals surface area contributed by atoms with Gasteiger partial charge in [0.1, 0.15) is 4.90 Å². The standard InChI is InChI=1S/C31H36ClFN6O3S/c1-6-19-15-20(16-21-18-34-30(36-27(19)21)35-22-11-13-31(2,14-12-22)39(3)4)23-17-25(33)28(37-29(23)42-5)38-43(40,41)26-10-8-7-9-24(26)32/h7-10,15-18,22H,6,11-14H2,1-5H3,(H,37,38)(H,34,35,36). The number of hydrogen-bond donors (Lipinski definition) is 2. The van der Waals surface area contributed by atoms with E-state index in [1.807, 2.05) is 19.1 Å². The van der Waals surface area contributed by atoms with Crippen LogP contribution in [0.4, 0.5) is 16.2 Å². The van der Waals surface area contributed by atoms with Crippen molar-refractivity contribution in [2.45, 2.75) is 62.4 Å². The predicted molar refractivity (Wildman–Crippen MR) is 169 cm³/mol. The van der Waals surface area contributed by atoms with Gasteiger partial charge < -0.3 is 15.0 Å². The fraction of sp³-hybridized carbons (Fsp3) is 0.387. The zero-order valence-corrected chi connectivity index (χ0v) is 26.5. The molecule has 0 saturated heterocycles. The van der Waals surface area contributed by atoms with Crippen LogP contribution < -0.4 is 14.8 Å². The van der Waals surface area contributed by atoms with E-state index in [2.05, 4.69) is 45.9 Å². The van der Waals surface area contributed by atoms with E-state index in [0.29, 0.717) is 29.5 Å². The highest BCUT2D eigenvalue weighted by atomic mass is 35.5. The summed E-state index contributed by atoms with van der Waals surface area (Å²) in [6.07, 6.45) is 6.72. The number of nitrogens with one attached hydrogen (secondary N) is 2. The lowest BCUT2D eigenvalue weighted by Gasteiger charge is -2.42. The fourth-order valence-corrected chi connectivity index (χ4v) is 7.01. The number of rotatable bonds is 9. The molecule has 0 radical (unpaired) electrons. The van der Waals surface area contributed by atoms with E-state index in [1.165, 1.54) is 31.4 Å². The maximum Gasteiger partial charge on any atom is 0.264 e. The molecule has 2 aromatic carbocycles. The van der Waals surface area contributed by atoms with Crippen LogP contribution in [0.25, 0.3) is 22.0 Å². The van der Waals surface area contributed by atoms with Gasteiger partial charge in [-0.25, -0.2) is 22.8 Å². The van der Waals surface area contributed by atoms with Gasteiger partial charge in [0.05, 0.1) is 17.6 Å². The first-order chi connectivity index (χ1) is 20.4. The van der Waals surface area contributed by atoms with Crippen molar-refractivity contribution in [3.05, 3.63) is 65.1 Å². The highest BCUT2D eigenvalue weighted by molar-refractivity contribution is 7.92. The van der Waals surface area contributed by atoms with Crippen LogP contribution in [0.5, 0.6) is 5.88 Å². The van der Waals surface area contributed by atoms with E-state index in [9.17, 15) is 8.42 Å². The zero-order chi connectivity index (χ0) is 30.9. The topological polar surface area (TPSA) is 109 Å². The smallest absolute Gasteiger partial charge is 0.264 e. The Kier molecular flexibility index (Phi) is 8.78. The van der Waals surface area contributed by atoms with Gasteiger partial charge in [0, 0.05) is 28.7 Å². The number of fused-ring (bicyclic) bond motifs is 1. The fourth-order valence-electron chi connectivity index (χ4n) is 5.48. The van der Waals surface area contributed by atoms with Crippen molar-refractivity contribution in [1.82, 2.24) is 19.9 Å². The molecular weight excluding hydrogens is 591 g/mol. The molecule has 2 aromatic heterocycles. The van der Waals surface area contributed by atoms with Crippen LogP contribution in [0, 0.1) is 5.82 Å². The van der Waals surface area contributed by atoms with Crippen LogP contribution in [0.15, 0.2) is 53.6 Å². The highest BCUT2D eigenvalue weighted by Gasteiger charge is 2.33. The summed E-state index contributed by atoms with van der Waals surface area (Å²) in [5.74, 6) is -0.711. The maximum absolute atomic E-state index is 15.3. The van der Waals surface area contributed by atoms with Gasteiger partial charge in [-0.05, 0) is 94.6 Å². The van der Waals surface area contributed by atoms with Gasteiger partial charge in [-0.3, -0.25) is 4.72 Å². The molecule has 1 aliphatic carbocycles. The summed E-state index contributed by atoms with van der Waals surface area (Å²) in [6, 6.07) is 11.2. The lowest BCUT2D eigenvalue weighted by atomic mass is 9.80. The normalized spacial score (nSPS) is 19.0. The third-order valence-electron chi connectivity index (χ3n) is 8.42. The quantitative estimate of drug-likeness (QED) is 0.216. The van der Waals surface area contributed by atoms with Crippen molar-refractivity contribution < 1.29 is 17.5 Å². The Bertz CT molecular complexity index is 1760. The van der Waals surface area contributed by atoms with Crippen LogP contribution >= 0.6 is 11.6 Å². The molecule has 9 nitrogen and oxygen atoms in total. The first-order valence-corrected chi connectivity index (χ1v) is 16.1. The molecule has 1 saturated carbocycles. The largest absolute Gasteiger partial charge is 0.480 e. The number of aromatic nitrogens is 3. The van der Waals surface area contributed by atoms with Crippen molar-refractivity contribution in [2.75, 3.05) is 31.2 Å². The second-order valence-corrected chi connectivity index (χ2v) is 13.4. The second-order valence-electron chi connectivity index (χ2n) is 11.3. The van der Waals surface area contributed by atoms with Crippen LogP contribution in [0.3, 0.4) is 0 Å². The molecule has 2 N–H and O–H groups in total. The number of benzene rings is 2. The Hall–Kier alpha value is -3.54. The molecule has 1 fully saturated rings. The average molecular weight is 627 g/mol. The molecule has 12 heteroatoms. The molecule has 43 heavy (non-hydrogen) atoms. The molecule has 4 aromatic rings. The molecular formula is C31H36ClFN6O3S. The number of ether oxygens (including phenoxy) is 1. The average Bonchev–Trinajstić information content (AvgIpc) is 2.98. The number of nitrogens with zero attached hydrogens (tertiary/aromatic N) is 4. The predicted octanol–water partition coefficient (Wildman–Crippen LogP) is 6.53. The van der Waals surface area contributed by atoms with Crippen molar-refractivity contribution >= 4 is 44.3 Å². The van der Waals surface area contributed by atoms with E-state index < -0.39 is 21.7 Å². The number of hydrogen-bond acceptors (Lipinski definition) is 8. The van der Waals surface area contributed by atoms with Crippen molar-refractivity contribution in [3.63, 3.8) is 0 Å². The van der Waals surface area contributed by atoms with Gasteiger partial charge in [-0.15, -0.1) is 0 Å². The molecule has 2 heterocycles. The van der Waals surface area contributed by atoms with E-state index in [0.717, 1.165) is 42.1 Å². The first kappa shape index (κ1) is 30.9. The van der Waals surface area contributed by atoms with Crippen LogP contribution in [0.2, 0.25) is 5.02 Å². The van der Waals surface area contributed by atoms with E-state index in [4.69, 9.17) is 21.3 Å². The van der Waals surface area contributed by atoms with Crippen LogP contribution in [-0.4, -0.2) is 61.1 Å². The Morgan fingerprint density at radius 1 is 1.14 bits per heavy atom. The number of halogens is 2. The molecule has 0 unspecified atom stereocenters. The van der Waals surface area contributed by atoms with Gasteiger partial charge in [0.25, 0.3) is 10.0 Å². The van der Waals surface area contributed by atoms with E-state index in [1.54, 1.807) is 12.3 Å². The second kappa shape index (κ2) is 12.2. The molecule has 0 amide bonds. The molecule has 0 aliphatic heterocycles. The third kappa shape index (κ3) is 6.39. The van der Waals surface area contributed by atoms with Crippen molar-refractivity contribution in [2.24, 2.45) is 0 Å². The van der Waals surface area contributed by atoms with Gasteiger partial charge >= 0.3 is 0 Å². The minimum absolute atomic E-state index is 0.00823. The Labute approximate surface area is 256 Å². The van der Waals surface area contributed by atoms with Gasteiger partial charge in [-0.2, -0.15) is 4.98 Å². The highest BCUT2D eigenvalue weighted by Crippen LogP contribution is 2.36. The lowest BCUT2D eigenvalue weighted by Crippen LogP contribution is -2.46. The summed E-state index contributed by atoms with van der Waals surface area (Å²) in [5.41, 5.74) is 2.99. The van der Waals surface area contributed by atoms with Crippen LogP contribution in [0.1, 0.15) is 45.1 Å². The molecule has 5 rings (SSSR count). The number of methoxy groups -OCH3 is 1. The SMILES string of the molecule is CCc1cc(-c2cc(F)c(NS(=O)(=O)c3ccccc3Cl)nc2OC)cc2cnc(NC3CCC(C)(N(C)C)CC3)nc12. The van der Waals surface area contributed by atoms with Crippen molar-refractivity contribution in [1.29, 1.82) is 0 Å². The van der Waals surface area contributed by atoms with Gasteiger partial charge in [-0.1, -0.05) is 30.7 Å². The maximum atomic E-state index is 15.3. The number of aryl methyl sites for hydroxylation is 1. The van der Waals surface area contributed by atoms with E-state index >= 15 is 4.39 Å². The molecule has 0 spiro atoms. The Balaban J connectivity index is 1.43. The monoisotopic (exact) mass is 626 g/mol. The molecule has 0 atom stereocenters. The third-order valence-corrected chi connectivity index (χ3v) is 10.3. The van der Waals surface area contributed by atoms with E-state index in [-0.39, 0.29) is 21.3 Å². The molecule has 1 aliphatic rings. The minimum atomic E-state index is -4.20. The first-order valence-electron chi connectivity index (χ1n) is 14.2. The zero-order valence-electron chi connectivity index (χ0n) is 24.9. The Morgan fingerprint density at radius 3 is 2.51 bits per heavy atom. The van der Waals surface area contributed by atoms with Gasteiger partial charge in [0.15, 0.2) is 11.6 Å². The van der Waals surface area contributed by atoms with Crippen LogP contribution in [-0.2, 0) is 16.4 Å². The molecule has 228 valence electrons. The molecule has 0 bridgehead atoms. The summed E-state index contributed by atoms with van der Waals surface area (Å²) in [6.45, 7) is 4.34. The number of sulfonamides is 1. The van der Waals surface area contributed by atoms with Crippen molar-refractivity contribution in [3.8, 4) is 17.0 Å². The summed E-state index contributed by atoms with van der Waals surface area (Å²) in [5, 5.41) is 4.32. The summed E-state index contributed by atoms with van der Waals surface area (Å²) < 4.78 is 48.8. The number of anilines is 2. The Morgan fingerprint density at radius 2 is 1.86 bits per heavy atom. The number of pyridine rings is 1. The summed E-state index contributed by atoms with van der Waals surface area (Å²) >= 11 is 6.06. The minimum Gasteiger partial charge on any atom is -0.480 e. The summed E-state index contributed by atoms with van der Waals surface area (Å²) in [7, 11) is 1.47. The lowest BCUT2D eigenvalue weighted by molar-refractivity contribution is 0.116. The summed E-state index contributed by atoms with van der Waals surface area (Å²) in [4.78, 5) is 15.7.